The van der Waals surface area contributed by atoms with Gasteiger partial charge in [0.15, 0.2) is 5.78 Å². The Morgan fingerprint density at radius 3 is 2.89 bits per heavy atom. The predicted octanol–water partition coefficient (Wildman–Crippen LogP) is 4.02. The lowest BCUT2D eigenvalue weighted by atomic mass is 9.85. The summed E-state index contributed by atoms with van der Waals surface area (Å²) in [6.07, 6.45) is 8.92. The molecule has 0 radical (unpaired) electrons. The molecule has 19 heavy (non-hydrogen) atoms. The molecule has 0 unspecified atom stereocenters. The van der Waals surface area contributed by atoms with Crippen molar-refractivity contribution in [2.75, 3.05) is 7.11 Å². The topological polar surface area (TPSA) is 26.3 Å². The van der Waals surface area contributed by atoms with Crippen molar-refractivity contribution in [3.63, 3.8) is 0 Å². The van der Waals surface area contributed by atoms with Crippen molar-refractivity contribution in [3.8, 4) is 5.75 Å². The van der Waals surface area contributed by atoms with Gasteiger partial charge in [-0.05, 0) is 30.9 Å². The van der Waals surface area contributed by atoms with E-state index in [0.29, 0.717) is 5.78 Å². The maximum absolute atomic E-state index is 12.0. The van der Waals surface area contributed by atoms with Crippen LogP contribution in [0.2, 0.25) is 0 Å². The monoisotopic (exact) mass is 256 g/mol. The molecular formula is C17H20O2. The largest absolute Gasteiger partial charge is 0.496 e. The Morgan fingerprint density at radius 2 is 2.11 bits per heavy atom. The fourth-order valence-corrected chi connectivity index (χ4v) is 2.41. The van der Waals surface area contributed by atoms with Gasteiger partial charge in [-0.2, -0.15) is 0 Å². The van der Waals surface area contributed by atoms with Crippen LogP contribution in [0.25, 0.3) is 6.08 Å². The van der Waals surface area contributed by atoms with Gasteiger partial charge in [-0.15, -0.1) is 0 Å². The second-order valence-electron chi connectivity index (χ2n) is 4.95. The SMILES string of the molecule is COc1ccccc1/C=C/C=C1\CCC[C@H](C)C1=O. The number of carbonyl (C=O) groups excluding carboxylic acids is 1. The zero-order chi connectivity index (χ0) is 13.7. The number of ketones is 1. The summed E-state index contributed by atoms with van der Waals surface area (Å²) in [6.45, 7) is 2.01. The molecule has 1 aromatic rings. The van der Waals surface area contributed by atoms with Crippen LogP contribution in [0.1, 0.15) is 31.7 Å². The van der Waals surface area contributed by atoms with Crippen LogP contribution in [-0.4, -0.2) is 12.9 Å². The van der Waals surface area contributed by atoms with Gasteiger partial charge in [-0.3, -0.25) is 4.79 Å². The smallest absolute Gasteiger partial charge is 0.161 e. The third kappa shape index (κ3) is 3.34. The normalized spacial score (nSPS) is 22.1. The number of rotatable bonds is 3. The molecule has 0 spiro atoms. The van der Waals surface area contributed by atoms with Crippen molar-refractivity contribution in [2.45, 2.75) is 26.2 Å². The van der Waals surface area contributed by atoms with Gasteiger partial charge in [-0.1, -0.05) is 43.4 Å². The summed E-state index contributed by atoms with van der Waals surface area (Å²) in [5, 5.41) is 0. The second-order valence-corrected chi connectivity index (χ2v) is 4.95. The van der Waals surface area contributed by atoms with Crippen molar-refractivity contribution >= 4 is 11.9 Å². The second kappa shape index (κ2) is 6.37. The van der Waals surface area contributed by atoms with E-state index in [1.807, 2.05) is 49.4 Å². The zero-order valence-electron chi connectivity index (χ0n) is 11.6. The number of methoxy groups -OCH3 is 1. The molecule has 2 nitrogen and oxygen atoms in total. The molecule has 1 atom stereocenters. The highest BCUT2D eigenvalue weighted by atomic mass is 16.5. The molecule has 100 valence electrons. The van der Waals surface area contributed by atoms with E-state index < -0.39 is 0 Å². The fourth-order valence-electron chi connectivity index (χ4n) is 2.41. The molecule has 2 heteroatoms. The van der Waals surface area contributed by atoms with Crippen molar-refractivity contribution in [1.82, 2.24) is 0 Å². The van der Waals surface area contributed by atoms with Crippen LogP contribution in [0, 0.1) is 5.92 Å². The first-order valence-electron chi connectivity index (χ1n) is 6.77. The van der Waals surface area contributed by atoms with Crippen LogP contribution in [0.4, 0.5) is 0 Å². The van der Waals surface area contributed by atoms with E-state index in [1.165, 1.54) is 0 Å². The van der Waals surface area contributed by atoms with Gasteiger partial charge in [0.1, 0.15) is 5.75 Å². The van der Waals surface area contributed by atoms with Crippen LogP contribution in [0.5, 0.6) is 5.75 Å². The van der Waals surface area contributed by atoms with Crippen molar-refractivity contribution < 1.29 is 9.53 Å². The first-order chi connectivity index (χ1) is 9.22. The van der Waals surface area contributed by atoms with E-state index >= 15 is 0 Å². The van der Waals surface area contributed by atoms with Gasteiger partial charge in [0.2, 0.25) is 0 Å². The van der Waals surface area contributed by atoms with E-state index in [4.69, 9.17) is 4.74 Å². The quantitative estimate of drug-likeness (QED) is 0.763. The average Bonchev–Trinajstić information content (AvgIpc) is 2.44. The van der Waals surface area contributed by atoms with Gasteiger partial charge in [0, 0.05) is 11.5 Å². The molecule has 1 saturated carbocycles. The third-order valence-corrected chi connectivity index (χ3v) is 3.56. The van der Waals surface area contributed by atoms with Crippen LogP contribution >= 0.6 is 0 Å². The number of allylic oxidation sites excluding steroid dienone is 3. The molecular weight excluding hydrogens is 236 g/mol. The number of hydrogen-bond donors (Lipinski definition) is 0. The highest BCUT2D eigenvalue weighted by molar-refractivity contribution is 5.98. The van der Waals surface area contributed by atoms with Crippen LogP contribution in [-0.2, 0) is 4.79 Å². The maximum atomic E-state index is 12.0. The summed E-state index contributed by atoms with van der Waals surface area (Å²) in [5.41, 5.74) is 1.98. The average molecular weight is 256 g/mol. The van der Waals surface area contributed by atoms with Crippen molar-refractivity contribution in [2.24, 2.45) is 5.92 Å². The Bertz CT molecular complexity index is 512. The van der Waals surface area contributed by atoms with E-state index in [0.717, 1.165) is 36.1 Å². The van der Waals surface area contributed by atoms with Gasteiger partial charge < -0.3 is 4.74 Å². The number of para-hydroxylation sites is 1. The number of hydrogen-bond acceptors (Lipinski definition) is 2. The first kappa shape index (κ1) is 13.6. The van der Waals surface area contributed by atoms with E-state index in [2.05, 4.69) is 0 Å². The van der Waals surface area contributed by atoms with E-state index in [1.54, 1.807) is 7.11 Å². The molecule has 0 N–H and O–H groups in total. The molecule has 0 heterocycles. The Balaban J connectivity index is 2.12. The molecule has 0 aromatic heterocycles. The van der Waals surface area contributed by atoms with Gasteiger partial charge in [0.05, 0.1) is 7.11 Å². The van der Waals surface area contributed by atoms with Crippen molar-refractivity contribution in [3.05, 3.63) is 47.6 Å². The van der Waals surface area contributed by atoms with Gasteiger partial charge in [-0.25, -0.2) is 0 Å². The lowest BCUT2D eigenvalue weighted by Gasteiger charge is -2.18. The Labute approximate surface area is 114 Å². The minimum absolute atomic E-state index is 0.180. The van der Waals surface area contributed by atoms with Crippen LogP contribution in [0.15, 0.2) is 42.0 Å². The van der Waals surface area contributed by atoms with Crippen molar-refractivity contribution in [1.29, 1.82) is 0 Å². The lowest BCUT2D eigenvalue weighted by Crippen LogP contribution is -2.18. The number of carbonyl (C=O) groups is 1. The van der Waals surface area contributed by atoms with Crippen LogP contribution < -0.4 is 4.74 Å². The van der Waals surface area contributed by atoms with Gasteiger partial charge >= 0.3 is 0 Å². The summed E-state index contributed by atoms with van der Waals surface area (Å²) < 4.78 is 5.29. The molecule has 0 saturated heterocycles. The minimum atomic E-state index is 0.180. The number of benzene rings is 1. The molecule has 1 aliphatic rings. The molecule has 1 aromatic carbocycles. The minimum Gasteiger partial charge on any atom is -0.496 e. The Kier molecular flexibility index (Phi) is 4.56. The fraction of sp³-hybridized carbons (Fsp3) is 0.353. The molecule has 0 aliphatic heterocycles. The standard InChI is InChI=1S/C17H20O2/c1-13-7-5-10-15(17(13)18)11-6-9-14-8-3-4-12-16(14)19-2/h3-4,6,8-9,11-13H,5,7,10H2,1-2H3/b9-6+,15-11+/t13-/m0/s1. The first-order valence-corrected chi connectivity index (χ1v) is 6.77. The highest BCUT2D eigenvalue weighted by Gasteiger charge is 2.21. The summed E-state index contributed by atoms with van der Waals surface area (Å²) >= 11 is 0. The molecule has 0 amide bonds. The third-order valence-electron chi connectivity index (χ3n) is 3.56. The number of ether oxygens (including phenoxy) is 1. The number of Topliss-reactive ketones (excluding diaryl/α,β-unsaturated/α-hetero) is 1. The molecule has 0 bridgehead atoms. The van der Waals surface area contributed by atoms with Crippen LogP contribution in [0.3, 0.4) is 0 Å². The Morgan fingerprint density at radius 1 is 1.32 bits per heavy atom. The summed E-state index contributed by atoms with van der Waals surface area (Å²) in [4.78, 5) is 12.0. The molecule has 1 aliphatic carbocycles. The highest BCUT2D eigenvalue weighted by Crippen LogP contribution is 2.25. The van der Waals surface area contributed by atoms with E-state index in [-0.39, 0.29) is 5.92 Å². The van der Waals surface area contributed by atoms with E-state index in [9.17, 15) is 4.79 Å². The summed E-state index contributed by atoms with van der Waals surface area (Å²) in [5.74, 6) is 1.33. The molecule has 1 fully saturated rings. The Hall–Kier alpha value is -1.83. The lowest BCUT2D eigenvalue weighted by molar-refractivity contribution is -0.119. The summed E-state index contributed by atoms with van der Waals surface area (Å²) in [7, 11) is 1.66. The summed E-state index contributed by atoms with van der Waals surface area (Å²) in [6, 6.07) is 7.85. The predicted molar refractivity (Wildman–Crippen MR) is 78.1 cm³/mol. The zero-order valence-corrected chi connectivity index (χ0v) is 11.6. The maximum Gasteiger partial charge on any atom is 0.161 e. The van der Waals surface area contributed by atoms with Gasteiger partial charge in [0.25, 0.3) is 0 Å². The molecule has 2 rings (SSSR count).